The van der Waals surface area contributed by atoms with E-state index in [4.69, 9.17) is 5.73 Å². The summed E-state index contributed by atoms with van der Waals surface area (Å²) in [6.45, 7) is 3.73. The number of Topliss-reactive ketones (excluding diaryl/α,β-unsaturated/α-hetero) is 1. The molecule has 0 aliphatic rings. The number of aryl methyl sites for hydroxylation is 1. The van der Waals surface area contributed by atoms with E-state index < -0.39 is 0 Å². The van der Waals surface area contributed by atoms with Crippen LogP contribution in [0.25, 0.3) is 0 Å². The van der Waals surface area contributed by atoms with Gasteiger partial charge in [0.25, 0.3) is 0 Å². The minimum absolute atomic E-state index is 0.0420. The van der Waals surface area contributed by atoms with Crippen LogP contribution in [0.15, 0.2) is 18.2 Å². The molecule has 0 aromatic heterocycles. The standard InChI is InChI=1S/C12H17N3O2/c1-8-3-4-10(13)11(7-8)15-12(17)14-6-5-9(2)16/h3-4,7H,5-6,13H2,1-2H3,(H2,14,15,17). The van der Waals surface area contributed by atoms with Crippen LogP contribution in [0.5, 0.6) is 0 Å². The van der Waals surface area contributed by atoms with Crippen molar-refractivity contribution in [2.45, 2.75) is 20.3 Å². The third-order valence-corrected chi connectivity index (χ3v) is 2.22. The Morgan fingerprint density at radius 2 is 2.06 bits per heavy atom. The van der Waals surface area contributed by atoms with E-state index in [1.165, 1.54) is 6.92 Å². The third kappa shape index (κ3) is 4.55. The lowest BCUT2D eigenvalue weighted by Crippen LogP contribution is -2.30. The van der Waals surface area contributed by atoms with Crippen LogP contribution in [-0.4, -0.2) is 18.4 Å². The van der Waals surface area contributed by atoms with Crippen molar-refractivity contribution in [3.63, 3.8) is 0 Å². The molecule has 4 N–H and O–H groups in total. The maximum absolute atomic E-state index is 11.5. The summed E-state index contributed by atoms with van der Waals surface area (Å²) >= 11 is 0. The van der Waals surface area contributed by atoms with Gasteiger partial charge in [0, 0.05) is 13.0 Å². The maximum Gasteiger partial charge on any atom is 0.319 e. The molecular weight excluding hydrogens is 218 g/mol. The molecule has 0 spiro atoms. The second kappa shape index (κ2) is 5.89. The predicted octanol–water partition coefficient (Wildman–Crippen LogP) is 1.68. The molecule has 0 saturated carbocycles. The maximum atomic E-state index is 11.5. The lowest BCUT2D eigenvalue weighted by molar-refractivity contribution is -0.116. The molecule has 0 saturated heterocycles. The van der Waals surface area contributed by atoms with Crippen molar-refractivity contribution in [2.75, 3.05) is 17.6 Å². The van der Waals surface area contributed by atoms with Gasteiger partial charge in [0.2, 0.25) is 0 Å². The molecule has 17 heavy (non-hydrogen) atoms. The van der Waals surface area contributed by atoms with Crippen molar-refractivity contribution in [1.29, 1.82) is 0 Å². The average molecular weight is 235 g/mol. The van der Waals surface area contributed by atoms with Crippen molar-refractivity contribution in [3.05, 3.63) is 23.8 Å². The molecule has 0 unspecified atom stereocenters. The van der Waals surface area contributed by atoms with Gasteiger partial charge >= 0.3 is 6.03 Å². The molecular formula is C12H17N3O2. The number of anilines is 2. The SMILES string of the molecule is CC(=O)CCNC(=O)Nc1cc(C)ccc1N. The Kier molecular flexibility index (Phi) is 4.51. The van der Waals surface area contributed by atoms with Gasteiger partial charge in [-0.15, -0.1) is 0 Å². The summed E-state index contributed by atoms with van der Waals surface area (Å²) in [7, 11) is 0. The molecule has 1 aromatic carbocycles. The summed E-state index contributed by atoms with van der Waals surface area (Å²) in [6.07, 6.45) is 0.330. The zero-order chi connectivity index (χ0) is 12.8. The number of carbonyl (C=O) groups excluding carboxylic acids is 2. The minimum atomic E-state index is -0.358. The Labute approximate surface area is 100 Å². The first kappa shape index (κ1) is 13.0. The summed E-state index contributed by atoms with van der Waals surface area (Å²) in [5.41, 5.74) is 7.82. The summed E-state index contributed by atoms with van der Waals surface area (Å²) in [5, 5.41) is 5.22. The fourth-order valence-electron chi connectivity index (χ4n) is 1.30. The van der Waals surface area contributed by atoms with Gasteiger partial charge in [0.15, 0.2) is 0 Å². The Bertz CT molecular complexity index is 430. The third-order valence-electron chi connectivity index (χ3n) is 2.22. The van der Waals surface area contributed by atoms with Gasteiger partial charge in [0.1, 0.15) is 5.78 Å². The number of benzene rings is 1. The molecule has 5 heteroatoms. The Morgan fingerprint density at radius 1 is 1.35 bits per heavy atom. The van der Waals surface area contributed by atoms with E-state index in [0.29, 0.717) is 24.3 Å². The number of rotatable bonds is 4. The van der Waals surface area contributed by atoms with Gasteiger partial charge in [-0.05, 0) is 31.5 Å². The first-order valence-corrected chi connectivity index (χ1v) is 5.39. The monoisotopic (exact) mass is 235 g/mol. The zero-order valence-corrected chi connectivity index (χ0v) is 10.0. The average Bonchev–Trinajstić information content (AvgIpc) is 2.23. The highest BCUT2D eigenvalue weighted by atomic mass is 16.2. The number of nitrogens with two attached hydrogens (primary N) is 1. The minimum Gasteiger partial charge on any atom is -0.397 e. The normalized spacial score (nSPS) is 9.76. The highest BCUT2D eigenvalue weighted by molar-refractivity contribution is 5.92. The Balaban J connectivity index is 2.50. The molecule has 0 aliphatic carbocycles. The number of urea groups is 1. The van der Waals surface area contributed by atoms with Crippen molar-refractivity contribution in [1.82, 2.24) is 5.32 Å². The Morgan fingerprint density at radius 3 is 2.71 bits per heavy atom. The van der Waals surface area contributed by atoms with Crippen LogP contribution in [0.2, 0.25) is 0 Å². The quantitative estimate of drug-likeness (QED) is 0.694. The summed E-state index contributed by atoms with van der Waals surface area (Å²) in [5.74, 6) is 0.0420. The van der Waals surface area contributed by atoms with Crippen molar-refractivity contribution in [3.8, 4) is 0 Å². The lowest BCUT2D eigenvalue weighted by Gasteiger charge is -2.09. The molecule has 0 bridgehead atoms. The van der Waals surface area contributed by atoms with E-state index in [1.807, 2.05) is 13.0 Å². The molecule has 0 aliphatic heterocycles. The molecule has 5 nitrogen and oxygen atoms in total. The van der Waals surface area contributed by atoms with Gasteiger partial charge < -0.3 is 16.4 Å². The van der Waals surface area contributed by atoms with Crippen LogP contribution in [-0.2, 0) is 4.79 Å². The van der Waals surface area contributed by atoms with Crippen LogP contribution in [0.3, 0.4) is 0 Å². The van der Waals surface area contributed by atoms with Crippen LogP contribution in [0, 0.1) is 6.92 Å². The van der Waals surface area contributed by atoms with Gasteiger partial charge in [0.05, 0.1) is 11.4 Å². The molecule has 0 heterocycles. The molecule has 0 atom stereocenters. The fourth-order valence-corrected chi connectivity index (χ4v) is 1.30. The van der Waals surface area contributed by atoms with E-state index in [9.17, 15) is 9.59 Å². The van der Waals surface area contributed by atoms with E-state index >= 15 is 0 Å². The van der Waals surface area contributed by atoms with Gasteiger partial charge in [-0.3, -0.25) is 4.79 Å². The highest BCUT2D eigenvalue weighted by Crippen LogP contribution is 2.19. The number of hydrogen-bond acceptors (Lipinski definition) is 3. The molecule has 0 radical (unpaired) electrons. The Hall–Kier alpha value is -2.04. The first-order chi connectivity index (χ1) is 7.99. The van der Waals surface area contributed by atoms with E-state index in [-0.39, 0.29) is 11.8 Å². The van der Waals surface area contributed by atoms with Crippen molar-refractivity contribution >= 4 is 23.2 Å². The smallest absolute Gasteiger partial charge is 0.319 e. The first-order valence-electron chi connectivity index (χ1n) is 5.39. The zero-order valence-electron chi connectivity index (χ0n) is 10.0. The number of carbonyl (C=O) groups is 2. The summed E-state index contributed by atoms with van der Waals surface area (Å²) in [6, 6.07) is 5.04. The van der Waals surface area contributed by atoms with Crippen molar-refractivity contribution < 1.29 is 9.59 Å². The van der Waals surface area contributed by atoms with Crippen LogP contribution < -0.4 is 16.4 Å². The number of nitrogens with one attached hydrogen (secondary N) is 2. The molecule has 92 valence electrons. The molecule has 0 fully saturated rings. The second-order valence-electron chi connectivity index (χ2n) is 3.92. The second-order valence-corrected chi connectivity index (χ2v) is 3.92. The predicted molar refractivity (Wildman–Crippen MR) is 67.9 cm³/mol. The summed E-state index contributed by atoms with van der Waals surface area (Å²) < 4.78 is 0. The van der Waals surface area contributed by atoms with Gasteiger partial charge in [-0.2, -0.15) is 0 Å². The van der Waals surface area contributed by atoms with E-state index in [0.717, 1.165) is 5.56 Å². The van der Waals surface area contributed by atoms with E-state index in [2.05, 4.69) is 10.6 Å². The molecule has 1 rings (SSSR count). The lowest BCUT2D eigenvalue weighted by atomic mass is 10.2. The van der Waals surface area contributed by atoms with Gasteiger partial charge in [-0.25, -0.2) is 4.79 Å². The van der Waals surface area contributed by atoms with Crippen LogP contribution in [0.4, 0.5) is 16.2 Å². The van der Waals surface area contributed by atoms with Crippen molar-refractivity contribution in [2.24, 2.45) is 0 Å². The molecule has 1 aromatic rings. The van der Waals surface area contributed by atoms with E-state index in [1.54, 1.807) is 12.1 Å². The summed E-state index contributed by atoms with van der Waals surface area (Å²) in [4.78, 5) is 22.2. The number of ketones is 1. The topological polar surface area (TPSA) is 84.2 Å². The number of hydrogen-bond donors (Lipinski definition) is 3. The van der Waals surface area contributed by atoms with Crippen LogP contribution in [0.1, 0.15) is 18.9 Å². The number of amides is 2. The van der Waals surface area contributed by atoms with Gasteiger partial charge in [-0.1, -0.05) is 6.07 Å². The van der Waals surface area contributed by atoms with Crippen LogP contribution >= 0.6 is 0 Å². The molecule has 2 amide bonds. The largest absolute Gasteiger partial charge is 0.397 e. The number of nitrogen functional groups attached to an aromatic ring is 1. The fraction of sp³-hybridized carbons (Fsp3) is 0.333. The highest BCUT2D eigenvalue weighted by Gasteiger charge is 2.04.